The number of aliphatic hydroxyl groups excluding tert-OH is 1. The van der Waals surface area contributed by atoms with Crippen LogP contribution in [0.2, 0.25) is 0 Å². The topological polar surface area (TPSA) is 99.9 Å². The molecule has 1 amide bonds. The summed E-state index contributed by atoms with van der Waals surface area (Å²) in [6.45, 7) is 3.92. The number of carbonyl (C=O) groups is 1. The quantitative estimate of drug-likeness (QED) is 0.688. The largest absolute Gasteiger partial charge is 0.394 e. The summed E-state index contributed by atoms with van der Waals surface area (Å²) in [6, 6.07) is 3.59. The standard InChI is InChI=1S/C22H26N4O4/c1-13-9-18-17(10-16(13)22(29)25-6-2-3-15(25)12-27)24-21(28)19-11-23-20(26(18)19)14-4-7-30-8-5-14/h9-11,14-15,27H,2-8,12H2,1H3,(H,24,28)/t15-/m0/s1. The van der Waals surface area contributed by atoms with Gasteiger partial charge in [0.1, 0.15) is 11.3 Å². The monoisotopic (exact) mass is 410 g/mol. The molecule has 30 heavy (non-hydrogen) atoms. The number of ether oxygens (including phenoxy) is 1. The number of hydrogen-bond donors (Lipinski definition) is 2. The van der Waals surface area contributed by atoms with Crippen LogP contribution in [0.1, 0.15) is 53.3 Å². The molecule has 0 bridgehead atoms. The lowest BCUT2D eigenvalue weighted by molar-refractivity contribution is 0.0677. The first-order chi connectivity index (χ1) is 14.6. The maximum Gasteiger partial charge on any atom is 0.274 e. The molecule has 8 nitrogen and oxygen atoms in total. The molecule has 0 spiro atoms. The van der Waals surface area contributed by atoms with Crippen LogP contribution >= 0.6 is 0 Å². The zero-order valence-corrected chi connectivity index (χ0v) is 17.1. The van der Waals surface area contributed by atoms with Crippen molar-refractivity contribution in [3.05, 3.63) is 45.6 Å². The van der Waals surface area contributed by atoms with Crippen molar-refractivity contribution in [3.8, 4) is 0 Å². The average molecular weight is 410 g/mol. The molecule has 4 heterocycles. The number of aromatic nitrogens is 3. The number of nitrogens with one attached hydrogen (secondary N) is 1. The number of aliphatic hydroxyl groups is 1. The van der Waals surface area contributed by atoms with Gasteiger partial charge in [-0.2, -0.15) is 0 Å². The lowest BCUT2D eigenvalue weighted by Crippen LogP contribution is -2.38. The van der Waals surface area contributed by atoms with E-state index in [0.717, 1.165) is 42.6 Å². The fourth-order valence-corrected chi connectivity index (χ4v) is 4.87. The molecule has 3 aromatic rings. The minimum atomic E-state index is -0.218. The van der Waals surface area contributed by atoms with E-state index in [9.17, 15) is 14.7 Å². The Kier molecular flexibility index (Phi) is 4.83. The molecule has 2 aliphatic rings. The molecule has 0 aliphatic carbocycles. The van der Waals surface area contributed by atoms with Gasteiger partial charge in [0, 0.05) is 31.2 Å². The number of hydrogen-bond acceptors (Lipinski definition) is 5. The first kappa shape index (κ1) is 19.3. The number of amides is 1. The predicted molar refractivity (Wildman–Crippen MR) is 112 cm³/mol. The number of carbonyl (C=O) groups excluding carboxylic acids is 1. The smallest absolute Gasteiger partial charge is 0.274 e. The summed E-state index contributed by atoms with van der Waals surface area (Å²) in [4.78, 5) is 35.2. The highest BCUT2D eigenvalue weighted by Gasteiger charge is 2.30. The number of rotatable bonds is 3. The lowest BCUT2D eigenvalue weighted by Gasteiger charge is -2.24. The zero-order valence-electron chi connectivity index (χ0n) is 17.1. The number of aromatic amines is 1. The Hall–Kier alpha value is -2.71. The van der Waals surface area contributed by atoms with Gasteiger partial charge in [0.2, 0.25) is 0 Å². The minimum absolute atomic E-state index is 0.0284. The highest BCUT2D eigenvalue weighted by Crippen LogP contribution is 2.29. The Labute approximate surface area is 173 Å². The van der Waals surface area contributed by atoms with E-state index in [1.54, 1.807) is 17.2 Å². The van der Waals surface area contributed by atoms with Gasteiger partial charge in [-0.1, -0.05) is 0 Å². The normalized spacial score (nSPS) is 20.5. The first-order valence-corrected chi connectivity index (χ1v) is 10.6. The van der Waals surface area contributed by atoms with Crippen LogP contribution in [0.3, 0.4) is 0 Å². The third-order valence-corrected chi connectivity index (χ3v) is 6.52. The third kappa shape index (κ3) is 3.02. The van der Waals surface area contributed by atoms with Gasteiger partial charge in [-0.15, -0.1) is 0 Å². The number of imidazole rings is 1. The molecule has 0 radical (unpaired) electrons. The molecule has 5 rings (SSSR count). The first-order valence-electron chi connectivity index (χ1n) is 10.6. The molecule has 2 aromatic heterocycles. The summed E-state index contributed by atoms with van der Waals surface area (Å²) in [5, 5.41) is 9.60. The predicted octanol–water partition coefficient (Wildman–Crippen LogP) is 1.98. The Morgan fingerprint density at radius 2 is 2.07 bits per heavy atom. The molecule has 1 aromatic carbocycles. The van der Waals surface area contributed by atoms with Gasteiger partial charge in [0.05, 0.1) is 29.9 Å². The summed E-state index contributed by atoms with van der Waals surface area (Å²) in [7, 11) is 0. The maximum absolute atomic E-state index is 13.2. The molecule has 8 heteroatoms. The van der Waals surface area contributed by atoms with Gasteiger partial charge in [-0.3, -0.25) is 14.0 Å². The van der Waals surface area contributed by atoms with E-state index in [2.05, 4.69) is 9.97 Å². The molecule has 1 atom stereocenters. The molecule has 158 valence electrons. The zero-order chi connectivity index (χ0) is 20.8. The fourth-order valence-electron chi connectivity index (χ4n) is 4.87. The molecule has 2 fully saturated rings. The summed E-state index contributed by atoms with van der Waals surface area (Å²) in [5.41, 5.74) is 3.17. The highest BCUT2D eigenvalue weighted by molar-refractivity contribution is 5.99. The van der Waals surface area contributed by atoms with E-state index < -0.39 is 0 Å². The molecule has 2 N–H and O–H groups in total. The second kappa shape index (κ2) is 7.52. The minimum Gasteiger partial charge on any atom is -0.394 e. The van der Waals surface area contributed by atoms with Crippen molar-refractivity contribution >= 4 is 22.5 Å². The lowest BCUT2D eigenvalue weighted by atomic mass is 9.99. The molecule has 2 aliphatic heterocycles. The van der Waals surface area contributed by atoms with E-state index in [1.165, 1.54) is 0 Å². The second-order valence-electron chi connectivity index (χ2n) is 8.34. The number of likely N-dealkylation sites (tertiary alicyclic amines) is 1. The van der Waals surface area contributed by atoms with E-state index in [0.29, 0.717) is 36.4 Å². The highest BCUT2D eigenvalue weighted by atomic mass is 16.5. The summed E-state index contributed by atoms with van der Waals surface area (Å²) < 4.78 is 7.43. The number of benzene rings is 1. The van der Waals surface area contributed by atoms with E-state index in [-0.39, 0.29) is 30.0 Å². The van der Waals surface area contributed by atoms with Crippen LogP contribution in [-0.4, -0.2) is 62.7 Å². The van der Waals surface area contributed by atoms with E-state index in [1.807, 2.05) is 17.4 Å². The van der Waals surface area contributed by atoms with Crippen molar-refractivity contribution in [1.29, 1.82) is 0 Å². The Morgan fingerprint density at radius 3 is 2.83 bits per heavy atom. The summed E-state index contributed by atoms with van der Waals surface area (Å²) >= 11 is 0. The number of aryl methyl sites for hydroxylation is 1. The third-order valence-electron chi connectivity index (χ3n) is 6.52. The Bertz CT molecular complexity index is 1180. The summed E-state index contributed by atoms with van der Waals surface area (Å²) in [5.74, 6) is 1.02. The number of nitrogens with zero attached hydrogens (tertiary/aromatic N) is 3. The fraction of sp³-hybridized carbons (Fsp3) is 0.500. The van der Waals surface area contributed by atoms with Crippen molar-refractivity contribution in [2.75, 3.05) is 26.4 Å². The molecule has 0 unspecified atom stereocenters. The van der Waals surface area contributed by atoms with Crippen LogP contribution < -0.4 is 5.56 Å². The van der Waals surface area contributed by atoms with Gasteiger partial charge in [0.15, 0.2) is 0 Å². The molecule has 2 saturated heterocycles. The van der Waals surface area contributed by atoms with Crippen molar-refractivity contribution in [3.63, 3.8) is 0 Å². The van der Waals surface area contributed by atoms with E-state index in [4.69, 9.17) is 4.74 Å². The number of fused-ring (bicyclic) bond motifs is 3. The van der Waals surface area contributed by atoms with Crippen molar-refractivity contribution in [1.82, 2.24) is 19.3 Å². The van der Waals surface area contributed by atoms with Crippen LogP contribution in [0.4, 0.5) is 0 Å². The second-order valence-corrected chi connectivity index (χ2v) is 8.34. The van der Waals surface area contributed by atoms with Crippen LogP contribution in [0.25, 0.3) is 16.6 Å². The van der Waals surface area contributed by atoms with Crippen molar-refractivity contribution in [2.45, 2.75) is 44.6 Å². The molecular weight excluding hydrogens is 384 g/mol. The van der Waals surface area contributed by atoms with Gasteiger partial charge in [0.25, 0.3) is 11.5 Å². The van der Waals surface area contributed by atoms with Gasteiger partial charge in [-0.05, 0) is 50.3 Å². The van der Waals surface area contributed by atoms with Crippen molar-refractivity contribution in [2.24, 2.45) is 0 Å². The van der Waals surface area contributed by atoms with Crippen molar-refractivity contribution < 1.29 is 14.6 Å². The van der Waals surface area contributed by atoms with E-state index >= 15 is 0 Å². The Morgan fingerprint density at radius 1 is 1.27 bits per heavy atom. The summed E-state index contributed by atoms with van der Waals surface area (Å²) in [6.07, 6.45) is 5.09. The van der Waals surface area contributed by atoms with Gasteiger partial charge < -0.3 is 19.7 Å². The van der Waals surface area contributed by atoms with Crippen LogP contribution in [0.15, 0.2) is 23.1 Å². The Balaban J connectivity index is 1.65. The molecule has 0 saturated carbocycles. The molecular formula is C22H26N4O4. The van der Waals surface area contributed by atoms with Crippen LogP contribution in [0, 0.1) is 6.92 Å². The SMILES string of the molecule is Cc1cc2c(cc1C(=O)N1CCC[C@H]1CO)[nH]c(=O)c1cnc(C3CCOCC3)n12. The average Bonchev–Trinajstić information content (AvgIpc) is 3.42. The number of H-pyrrole nitrogens is 1. The van der Waals surface area contributed by atoms with Crippen LogP contribution in [0.5, 0.6) is 0 Å². The van der Waals surface area contributed by atoms with Gasteiger partial charge >= 0.3 is 0 Å². The van der Waals surface area contributed by atoms with Crippen LogP contribution in [-0.2, 0) is 4.74 Å². The van der Waals surface area contributed by atoms with Gasteiger partial charge in [-0.25, -0.2) is 4.98 Å². The maximum atomic E-state index is 13.2.